The van der Waals surface area contributed by atoms with Crippen molar-refractivity contribution in [1.29, 1.82) is 0 Å². The standard InChI is InChI=1S/C68H45NS/c1-3-17-48(18-4-1)67(61-26-12-7-21-55(61)56-22-8-13-27-62(56)67)50-34-40-53(41-35-50)69(52-38-31-46(32-39-52)47-33-44-66-60(45-47)59-25-11-16-30-65(59)70-66)54-42-36-51(37-43-54)68(49-19-5-2-6-20-49)63-28-14-9-23-57(63)58-24-10-15-29-64(58)68/h1-45H. The van der Waals surface area contributed by atoms with E-state index in [1.807, 2.05) is 11.3 Å². The number of fused-ring (bicyclic) bond motifs is 9. The van der Waals surface area contributed by atoms with Crippen LogP contribution in [0.1, 0.15) is 44.5 Å². The average molecular weight is 908 g/mol. The summed E-state index contributed by atoms with van der Waals surface area (Å²) in [7, 11) is 0. The van der Waals surface area contributed by atoms with E-state index in [9.17, 15) is 0 Å². The third-order valence-electron chi connectivity index (χ3n) is 15.3. The van der Waals surface area contributed by atoms with E-state index in [2.05, 4.69) is 278 Å². The quantitative estimate of drug-likeness (QED) is 0.147. The first-order valence-electron chi connectivity index (χ1n) is 24.2. The third-order valence-corrected chi connectivity index (χ3v) is 16.4. The van der Waals surface area contributed by atoms with Crippen molar-refractivity contribution in [2.75, 3.05) is 4.90 Å². The molecule has 1 aromatic heterocycles. The van der Waals surface area contributed by atoms with Gasteiger partial charge >= 0.3 is 0 Å². The van der Waals surface area contributed by atoms with Crippen LogP contribution in [0.25, 0.3) is 53.6 Å². The Bertz CT molecular complexity index is 3650. The molecule has 0 unspecified atom stereocenters. The number of hydrogen-bond acceptors (Lipinski definition) is 2. The van der Waals surface area contributed by atoms with Crippen LogP contribution in [0.4, 0.5) is 17.1 Å². The normalized spacial score (nSPS) is 13.7. The highest BCUT2D eigenvalue weighted by atomic mass is 32.1. The summed E-state index contributed by atoms with van der Waals surface area (Å²) in [5.74, 6) is 0. The van der Waals surface area contributed by atoms with Gasteiger partial charge in [-0.1, -0.05) is 218 Å². The molecule has 2 heteroatoms. The van der Waals surface area contributed by atoms with Crippen molar-refractivity contribution in [2.45, 2.75) is 10.8 Å². The lowest BCUT2D eigenvalue weighted by molar-refractivity contribution is 0.768. The van der Waals surface area contributed by atoms with Crippen LogP contribution in [0.2, 0.25) is 0 Å². The summed E-state index contributed by atoms with van der Waals surface area (Å²) < 4.78 is 2.64. The number of thiophene rings is 1. The van der Waals surface area contributed by atoms with Gasteiger partial charge in [0.1, 0.15) is 0 Å². The monoisotopic (exact) mass is 907 g/mol. The molecule has 0 aliphatic heterocycles. The van der Waals surface area contributed by atoms with Crippen LogP contribution in [-0.2, 0) is 10.8 Å². The minimum absolute atomic E-state index is 0.477. The molecule has 0 spiro atoms. The molecule has 0 atom stereocenters. The molecule has 1 heterocycles. The number of nitrogens with zero attached hydrogens (tertiary/aromatic N) is 1. The van der Waals surface area contributed by atoms with Gasteiger partial charge in [0.25, 0.3) is 0 Å². The molecule has 1 nitrogen and oxygen atoms in total. The molecule has 11 aromatic carbocycles. The minimum Gasteiger partial charge on any atom is -0.311 e. The summed E-state index contributed by atoms with van der Waals surface area (Å²) in [4.78, 5) is 2.42. The molecule has 2 aliphatic carbocycles. The molecule has 0 bridgehead atoms. The van der Waals surface area contributed by atoms with Crippen molar-refractivity contribution >= 4 is 48.6 Å². The van der Waals surface area contributed by atoms with E-state index in [0.29, 0.717) is 0 Å². The summed E-state index contributed by atoms with van der Waals surface area (Å²) >= 11 is 1.86. The number of anilines is 3. The number of rotatable bonds is 8. The largest absolute Gasteiger partial charge is 0.311 e. The first-order chi connectivity index (χ1) is 34.7. The lowest BCUT2D eigenvalue weighted by atomic mass is 9.67. The fourth-order valence-electron chi connectivity index (χ4n) is 12.3. The van der Waals surface area contributed by atoms with Gasteiger partial charge in [0.05, 0.1) is 10.8 Å². The number of hydrogen-bond donors (Lipinski definition) is 0. The van der Waals surface area contributed by atoms with Gasteiger partial charge in [0.2, 0.25) is 0 Å². The lowest BCUT2D eigenvalue weighted by Crippen LogP contribution is -2.28. The Labute approximate surface area is 412 Å². The van der Waals surface area contributed by atoms with Gasteiger partial charge in [-0.2, -0.15) is 0 Å². The van der Waals surface area contributed by atoms with Gasteiger partial charge in [0.15, 0.2) is 0 Å². The van der Waals surface area contributed by atoms with Crippen molar-refractivity contribution in [3.63, 3.8) is 0 Å². The summed E-state index contributed by atoms with van der Waals surface area (Å²) in [5, 5.41) is 2.63. The van der Waals surface area contributed by atoms with Crippen LogP contribution in [0.5, 0.6) is 0 Å². The van der Waals surface area contributed by atoms with E-state index >= 15 is 0 Å². The molecular formula is C68H45NS. The Morgan fingerprint density at radius 1 is 0.257 bits per heavy atom. The zero-order valence-electron chi connectivity index (χ0n) is 38.3. The van der Waals surface area contributed by atoms with Gasteiger partial charge in [-0.05, 0) is 132 Å². The van der Waals surface area contributed by atoms with E-state index in [1.165, 1.54) is 98.1 Å². The van der Waals surface area contributed by atoms with Crippen LogP contribution in [0.3, 0.4) is 0 Å². The topological polar surface area (TPSA) is 3.24 Å². The summed E-state index contributed by atoms with van der Waals surface area (Å²) in [6, 6.07) is 102. The van der Waals surface area contributed by atoms with Gasteiger partial charge in [-0.15, -0.1) is 11.3 Å². The fourth-order valence-corrected chi connectivity index (χ4v) is 13.4. The highest BCUT2D eigenvalue weighted by Crippen LogP contribution is 2.58. The van der Waals surface area contributed by atoms with Crippen LogP contribution in [-0.4, -0.2) is 0 Å². The Morgan fingerprint density at radius 2 is 0.600 bits per heavy atom. The molecule has 0 radical (unpaired) electrons. The predicted octanol–water partition coefficient (Wildman–Crippen LogP) is 17.9. The molecule has 14 rings (SSSR count). The average Bonchev–Trinajstić information content (AvgIpc) is 4.07. The van der Waals surface area contributed by atoms with E-state index < -0.39 is 10.8 Å². The smallest absolute Gasteiger partial charge is 0.0713 e. The molecule has 328 valence electrons. The molecule has 0 N–H and O–H groups in total. The van der Waals surface area contributed by atoms with E-state index in [4.69, 9.17) is 0 Å². The van der Waals surface area contributed by atoms with E-state index in [1.54, 1.807) is 0 Å². The van der Waals surface area contributed by atoms with Crippen LogP contribution in [0, 0.1) is 0 Å². The highest BCUT2D eigenvalue weighted by molar-refractivity contribution is 7.25. The van der Waals surface area contributed by atoms with Crippen LogP contribution < -0.4 is 4.90 Å². The van der Waals surface area contributed by atoms with Crippen molar-refractivity contribution in [3.8, 4) is 33.4 Å². The summed E-state index contributed by atoms with van der Waals surface area (Å²) in [6.07, 6.45) is 0. The molecule has 70 heavy (non-hydrogen) atoms. The van der Waals surface area contributed by atoms with Crippen LogP contribution >= 0.6 is 11.3 Å². The molecule has 2 aliphatic rings. The van der Waals surface area contributed by atoms with Gasteiger partial charge in [-0.25, -0.2) is 0 Å². The Kier molecular flexibility index (Phi) is 9.27. The van der Waals surface area contributed by atoms with Crippen molar-refractivity contribution in [2.24, 2.45) is 0 Å². The second kappa shape index (κ2) is 16.0. The minimum atomic E-state index is -0.477. The first kappa shape index (κ1) is 40.5. The maximum atomic E-state index is 2.42. The zero-order chi connectivity index (χ0) is 46.2. The lowest BCUT2D eigenvalue weighted by Gasteiger charge is -2.35. The summed E-state index contributed by atoms with van der Waals surface area (Å²) in [6.45, 7) is 0. The summed E-state index contributed by atoms with van der Waals surface area (Å²) in [5.41, 5.74) is 20.2. The maximum Gasteiger partial charge on any atom is 0.0713 e. The molecule has 0 saturated heterocycles. The van der Waals surface area contributed by atoms with Crippen molar-refractivity contribution in [1.82, 2.24) is 0 Å². The zero-order valence-corrected chi connectivity index (χ0v) is 39.2. The van der Waals surface area contributed by atoms with Crippen molar-refractivity contribution in [3.05, 3.63) is 317 Å². The molecule has 0 fully saturated rings. The van der Waals surface area contributed by atoms with Gasteiger partial charge in [-0.3, -0.25) is 0 Å². The first-order valence-corrected chi connectivity index (χ1v) is 25.1. The molecular weight excluding hydrogens is 863 g/mol. The second-order valence-electron chi connectivity index (χ2n) is 18.7. The Hall–Kier alpha value is -8.56. The van der Waals surface area contributed by atoms with Crippen LogP contribution in [0.15, 0.2) is 273 Å². The number of benzene rings is 11. The maximum absolute atomic E-state index is 2.42. The van der Waals surface area contributed by atoms with E-state index in [0.717, 1.165) is 17.1 Å². The van der Waals surface area contributed by atoms with Gasteiger partial charge < -0.3 is 4.90 Å². The Balaban J connectivity index is 0.927. The molecule has 0 saturated carbocycles. The highest BCUT2D eigenvalue weighted by Gasteiger charge is 2.47. The van der Waals surface area contributed by atoms with E-state index in [-0.39, 0.29) is 0 Å². The second-order valence-corrected chi connectivity index (χ2v) is 19.8. The Morgan fingerprint density at radius 3 is 1.06 bits per heavy atom. The fraction of sp³-hybridized carbons (Fsp3) is 0.0294. The van der Waals surface area contributed by atoms with Gasteiger partial charge in [0, 0.05) is 37.2 Å². The third kappa shape index (κ3) is 5.90. The SMILES string of the molecule is c1ccc(C2(c3ccc(N(c4ccc(-c5ccc6sc7ccccc7c6c5)cc4)c4ccc(C5(c6ccccc6)c6ccccc6-c6ccccc65)cc4)cc3)c3ccccc3-c3ccccc32)cc1. The van der Waals surface area contributed by atoms with Crippen molar-refractivity contribution < 1.29 is 0 Å². The molecule has 12 aromatic rings. The molecule has 0 amide bonds. The predicted molar refractivity (Wildman–Crippen MR) is 294 cm³/mol.